The number of hydrogen-bond acceptors (Lipinski definition) is 5. The molecule has 2 aliphatic rings. The first kappa shape index (κ1) is 28.6. The molecule has 3 N–H and O–H groups in total. The van der Waals surface area contributed by atoms with Crippen LogP contribution in [-0.4, -0.2) is 54.2 Å². The van der Waals surface area contributed by atoms with E-state index in [1.807, 2.05) is 44.2 Å². The second-order valence-electron chi connectivity index (χ2n) is 11.2. The molecule has 3 atom stereocenters. The molecule has 8 heteroatoms. The molecule has 0 aromatic heterocycles. The number of carbonyl (C=O) groups is 3. The monoisotopic (exact) mass is 535 g/mol. The van der Waals surface area contributed by atoms with Crippen LogP contribution in [0.15, 0.2) is 48.5 Å². The number of hydrogen-bond donors (Lipinski definition) is 3. The highest BCUT2D eigenvalue weighted by Crippen LogP contribution is 2.29. The summed E-state index contributed by atoms with van der Waals surface area (Å²) in [5, 5.41) is 17.2. The zero-order valence-electron chi connectivity index (χ0n) is 23.2. The van der Waals surface area contributed by atoms with E-state index in [0.29, 0.717) is 48.8 Å². The minimum absolute atomic E-state index is 0.0226. The number of aliphatic hydroxyl groups is 1. The SMILES string of the molecule is CC(C)Oc1cc(C(=O)NC(Cc2ccccc2)C(O)CC(C)C(=O)NCC2CC2)cc(N2CCCC2=O)c1. The lowest BCUT2D eigenvalue weighted by atomic mass is 9.93. The van der Waals surface area contributed by atoms with Crippen LogP contribution in [-0.2, 0) is 16.0 Å². The minimum Gasteiger partial charge on any atom is -0.491 e. The maximum absolute atomic E-state index is 13.6. The number of amides is 3. The zero-order chi connectivity index (χ0) is 27.9. The average Bonchev–Trinajstić information content (AvgIpc) is 3.64. The van der Waals surface area contributed by atoms with Gasteiger partial charge in [0, 0.05) is 42.7 Å². The highest BCUT2D eigenvalue weighted by Gasteiger charge is 2.29. The van der Waals surface area contributed by atoms with Gasteiger partial charge < -0.3 is 25.4 Å². The van der Waals surface area contributed by atoms with E-state index in [0.717, 1.165) is 24.8 Å². The molecule has 1 saturated carbocycles. The number of rotatable bonds is 13. The smallest absolute Gasteiger partial charge is 0.251 e. The molecule has 0 radical (unpaired) electrons. The normalized spacial score (nSPS) is 17.6. The molecular formula is C31H41N3O5. The molecule has 2 aromatic rings. The number of ether oxygens (including phenoxy) is 1. The van der Waals surface area contributed by atoms with E-state index in [9.17, 15) is 19.5 Å². The van der Waals surface area contributed by atoms with E-state index in [1.54, 1.807) is 30.0 Å². The lowest BCUT2D eigenvalue weighted by Crippen LogP contribution is -2.46. The second-order valence-corrected chi connectivity index (χ2v) is 11.2. The third-order valence-corrected chi connectivity index (χ3v) is 7.29. The molecule has 210 valence electrons. The van der Waals surface area contributed by atoms with E-state index in [2.05, 4.69) is 10.6 Å². The van der Waals surface area contributed by atoms with Gasteiger partial charge in [-0.05, 0) is 69.6 Å². The molecule has 0 bridgehead atoms. The van der Waals surface area contributed by atoms with Gasteiger partial charge in [0.25, 0.3) is 5.91 Å². The molecule has 1 heterocycles. The zero-order valence-corrected chi connectivity index (χ0v) is 23.2. The summed E-state index contributed by atoms with van der Waals surface area (Å²) < 4.78 is 5.90. The van der Waals surface area contributed by atoms with Crippen molar-refractivity contribution in [1.82, 2.24) is 10.6 Å². The van der Waals surface area contributed by atoms with Gasteiger partial charge in [0.15, 0.2) is 0 Å². The fourth-order valence-electron chi connectivity index (χ4n) is 4.91. The highest BCUT2D eigenvalue weighted by molar-refractivity contribution is 5.99. The van der Waals surface area contributed by atoms with Gasteiger partial charge in [-0.15, -0.1) is 0 Å². The van der Waals surface area contributed by atoms with Gasteiger partial charge in [-0.3, -0.25) is 14.4 Å². The van der Waals surface area contributed by atoms with Crippen molar-refractivity contribution in [3.63, 3.8) is 0 Å². The van der Waals surface area contributed by atoms with Crippen LogP contribution in [0, 0.1) is 11.8 Å². The van der Waals surface area contributed by atoms with Crippen molar-refractivity contribution in [2.75, 3.05) is 18.0 Å². The molecule has 1 saturated heterocycles. The van der Waals surface area contributed by atoms with Gasteiger partial charge in [-0.25, -0.2) is 0 Å². The van der Waals surface area contributed by atoms with Crippen LogP contribution in [0.3, 0.4) is 0 Å². The van der Waals surface area contributed by atoms with Crippen molar-refractivity contribution in [1.29, 1.82) is 0 Å². The Labute approximate surface area is 231 Å². The Morgan fingerprint density at radius 3 is 2.49 bits per heavy atom. The van der Waals surface area contributed by atoms with E-state index < -0.39 is 18.1 Å². The number of benzene rings is 2. The van der Waals surface area contributed by atoms with Gasteiger partial charge in [0.2, 0.25) is 11.8 Å². The summed E-state index contributed by atoms with van der Waals surface area (Å²) in [6, 6.07) is 14.2. The van der Waals surface area contributed by atoms with Crippen molar-refractivity contribution in [2.45, 2.75) is 77.5 Å². The van der Waals surface area contributed by atoms with E-state index in [4.69, 9.17) is 4.74 Å². The Bertz CT molecular complexity index is 1150. The van der Waals surface area contributed by atoms with Crippen LogP contribution in [0.2, 0.25) is 0 Å². The fourth-order valence-corrected chi connectivity index (χ4v) is 4.91. The lowest BCUT2D eigenvalue weighted by Gasteiger charge is -2.27. The number of anilines is 1. The molecule has 1 aliphatic heterocycles. The number of aliphatic hydroxyl groups excluding tert-OH is 1. The second kappa shape index (κ2) is 13.1. The molecule has 3 unspecified atom stereocenters. The van der Waals surface area contributed by atoms with Crippen LogP contribution in [0.1, 0.15) is 68.8 Å². The van der Waals surface area contributed by atoms with Gasteiger partial charge in [-0.2, -0.15) is 0 Å². The quantitative estimate of drug-likeness (QED) is 0.361. The molecule has 2 fully saturated rings. The maximum Gasteiger partial charge on any atom is 0.251 e. The Balaban J connectivity index is 1.52. The van der Waals surface area contributed by atoms with Crippen molar-refractivity contribution < 1.29 is 24.2 Å². The highest BCUT2D eigenvalue weighted by atomic mass is 16.5. The van der Waals surface area contributed by atoms with Gasteiger partial charge in [0.05, 0.1) is 18.2 Å². The average molecular weight is 536 g/mol. The lowest BCUT2D eigenvalue weighted by molar-refractivity contribution is -0.125. The Kier molecular flexibility index (Phi) is 9.62. The van der Waals surface area contributed by atoms with Crippen LogP contribution in [0.4, 0.5) is 5.69 Å². The summed E-state index contributed by atoms with van der Waals surface area (Å²) in [5.41, 5.74) is 1.94. The van der Waals surface area contributed by atoms with Gasteiger partial charge in [-0.1, -0.05) is 37.3 Å². The molecule has 39 heavy (non-hydrogen) atoms. The first-order valence-corrected chi connectivity index (χ1v) is 14.1. The number of nitrogens with zero attached hydrogens (tertiary/aromatic N) is 1. The fraction of sp³-hybridized carbons (Fsp3) is 0.516. The molecular weight excluding hydrogens is 494 g/mol. The van der Waals surface area contributed by atoms with Crippen LogP contribution in [0.25, 0.3) is 0 Å². The summed E-state index contributed by atoms with van der Waals surface area (Å²) in [4.78, 5) is 40.3. The number of nitrogens with one attached hydrogen (secondary N) is 2. The largest absolute Gasteiger partial charge is 0.491 e. The summed E-state index contributed by atoms with van der Waals surface area (Å²) in [7, 11) is 0. The van der Waals surface area contributed by atoms with Crippen molar-refractivity contribution in [3.05, 3.63) is 59.7 Å². The summed E-state index contributed by atoms with van der Waals surface area (Å²) >= 11 is 0. The minimum atomic E-state index is -0.939. The van der Waals surface area contributed by atoms with Crippen LogP contribution in [0.5, 0.6) is 5.75 Å². The summed E-state index contributed by atoms with van der Waals surface area (Å²) in [6.07, 6.45) is 3.14. The van der Waals surface area contributed by atoms with Gasteiger partial charge >= 0.3 is 0 Å². The van der Waals surface area contributed by atoms with E-state index >= 15 is 0 Å². The van der Waals surface area contributed by atoms with E-state index in [1.165, 1.54) is 0 Å². The van der Waals surface area contributed by atoms with Crippen molar-refractivity contribution >= 4 is 23.4 Å². The predicted molar refractivity (Wildman–Crippen MR) is 151 cm³/mol. The van der Waals surface area contributed by atoms with Crippen LogP contribution >= 0.6 is 0 Å². The molecule has 4 rings (SSSR count). The van der Waals surface area contributed by atoms with Crippen molar-refractivity contribution in [3.8, 4) is 5.75 Å². The third kappa shape index (κ3) is 8.30. The molecule has 3 amide bonds. The molecule has 1 aliphatic carbocycles. The van der Waals surface area contributed by atoms with Crippen LogP contribution < -0.4 is 20.3 Å². The number of carbonyl (C=O) groups excluding carboxylic acids is 3. The Morgan fingerprint density at radius 2 is 1.85 bits per heavy atom. The topological polar surface area (TPSA) is 108 Å². The maximum atomic E-state index is 13.6. The molecule has 8 nitrogen and oxygen atoms in total. The summed E-state index contributed by atoms with van der Waals surface area (Å²) in [5.74, 6) is 0.256. The first-order valence-electron chi connectivity index (χ1n) is 14.1. The molecule has 0 spiro atoms. The molecule has 2 aromatic carbocycles. The third-order valence-electron chi connectivity index (χ3n) is 7.29. The Morgan fingerprint density at radius 1 is 1.10 bits per heavy atom. The first-order chi connectivity index (χ1) is 18.7. The van der Waals surface area contributed by atoms with Gasteiger partial charge in [0.1, 0.15) is 5.75 Å². The standard InChI is InChI=1S/C31H41N3O5/c1-20(2)39-26-17-24(16-25(18-26)34-13-7-10-29(34)36)31(38)33-27(15-22-8-5-4-6-9-22)28(35)14-21(3)30(37)32-19-23-11-12-23/h4-6,8-9,16-18,20-21,23,27-28,35H,7,10-15,19H2,1-3H3,(H,32,37)(H,33,38). The van der Waals surface area contributed by atoms with Crippen molar-refractivity contribution in [2.24, 2.45) is 11.8 Å². The summed E-state index contributed by atoms with van der Waals surface area (Å²) in [6.45, 7) is 6.89. The van der Waals surface area contributed by atoms with E-state index in [-0.39, 0.29) is 30.2 Å². The predicted octanol–water partition coefficient (Wildman–Crippen LogP) is 3.86. The Hall–Kier alpha value is -3.39.